The number of rotatable bonds is 7. The average Bonchev–Trinajstić information content (AvgIpc) is 2.89. The smallest absolute Gasteiger partial charge is 0.328 e. The minimum Gasteiger partial charge on any atom is -0.480 e. The second-order valence-electron chi connectivity index (χ2n) is 3.97. The normalized spacial score (nSPS) is 13.6. The number of methoxy groups -OCH3 is 1. The zero-order valence-electron chi connectivity index (χ0n) is 10.8. The lowest BCUT2D eigenvalue weighted by Crippen LogP contribution is -2.48. The van der Waals surface area contributed by atoms with E-state index < -0.39 is 18.0 Å². The molecule has 2 amide bonds. The van der Waals surface area contributed by atoms with Gasteiger partial charge in [-0.15, -0.1) is 11.3 Å². The van der Waals surface area contributed by atoms with Gasteiger partial charge in [0.1, 0.15) is 0 Å². The molecule has 1 aromatic rings. The molecule has 3 N–H and O–H groups in total. The summed E-state index contributed by atoms with van der Waals surface area (Å²) in [5.41, 5.74) is 0. The van der Waals surface area contributed by atoms with Gasteiger partial charge in [0.2, 0.25) is 0 Å². The van der Waals surface area contributed by atoms with Crippen LogP contribution in [0.3, 0.4) is 0 Å². The standard InChI is InChI=1S/C11H17N3O4S/c1-7(9-12-3-4-19-9)5-13-11(17)14-8(6-18-2)10(15)16/h3-4,7-8H,5-6H2,1-2H3,(H,15,16)(H2,13,14,17). The van der Waals surface area contributed by atoms with Crippen LogP contribution in [0.4, 0.5) is 4.79 Å². The van der Waals surface area contributed by atoms with Crippen molar-refractivity contribution in [3.8, 4) is 0 Å². The van der Waals surface area contributed by atoms with Crippen LogP contribution in [-0.4, -0.2) is 48.4 Å². The number of ether oxygens (including phenoxy) is 1. The molecule has 0 aromatic carbocycles. The van der Waals surface area contributed by atoms with Crippen LogP contribution < -0.4 is 10.6 Å². The molecule has 7 nitrogen and oxygen atoms in total. The summed E-state index contributed by atoms with van der Waals surface area (Å²) in [5, 5.41) is 16.6. The van der Waals surface area contributed by atoms with Crippen LogP contribution in [0.15, 0.2) is 11.6 Å². The van der Waals surface area contributed by atoms with E-state index >= 15 is 0 Å². The van der Waals surface area contributed by atoms with Crippen molar-refractivity contribution in [2.45, 2.75) is 18.9 Å². The first kappa shape index (κ1) is 15.4. The second-order valence-corrected chi connectivity index (χ2v) is 4.90. The number of urea groups is 1. The summed E-state index contributed by atoms with van der Waals surface area (Å²) < 4.78 is 4.72. The van der Waals surface area contributed by atoms with Gasteiger partial charge in [0, 0.05) is 31.1 Å². The van der Waals surface area contributed by atoms with Gasteiger partial charge < -0.3 is 20.5 Å². The topological polar surface area (TPSA) is 101 Å². The average molecular weight is 287 g/mol. The van der Waals surface area contributed by atoms with Gasteiger partial charge in [0.15, 0.2) is 6.04 Å². The Morgan fingerprint density at radius 1 is 1.58 bits per heavy atom. The second kappa shape index (κ2) is 7.70. The van der Waals surface area contributed by atoms with Gasteiger partial charge in [0.25, 0.3) is 0 Å². The number of nitrogens with zero attached hydrogens (tertiary/aromatic N) is 1. The first-order chi connectivity index (χ1) is 9.04. The molecule has 1 rings (SSSR count). The number of aliphatic carboxylic acids is 1. The third-order valence-corrected chi connectivity index (χ3v) is 3.39. The number of thiazole rings is 1. The van der Waals surface area contributed by atoms with Gasteiger partial charge in [-0.3, -0.25) is 0 Å². The Hall–Kier alpha value is -1.67. The molecule has 1 heterocycles. The van der Waals surface area contributed by atoms with E-state index in [0.29, 0.717) is 6.54 Å². The number of carbonyl (C=O) groups excluding carboxylic acids is 1. The summed E-state index contributed by atoms with van der Waals surface area (Å²) in [6, 6.07) is -1.59. The fourth-order valence-electron chi connectivity index (χ4n) is 1.36. The molecule has 106 valence electrons. The fourth-order valence-corrected chi connectivity index (χ4v) is 2.06. The number of aromatic nitrogens is 1. The van der Waals surface area contributed by atoms with Gasteiger partial charge in [-0.25, -0.2) is 14.6 Å². The van der Waals surface area contributed by atoms with Crippen LogP contribution >= 0.6 is 11.3 Å². The fraction of sp³-hybridized carbons (Fsp3) is 0.545. The van der Waals surface area contributed by atoms with E-state index in [1.165, 1.54) is 18.4 Å². The summed E-state index contributed by atoms with van der Waals surface area (Å²) in [7, 11) is 1.38. The Morgan fingerprint density at radius 2 is 2.32 bits per heavy atom. The van der Waals surface area contributed by atoms with E-state index in [9.17, 15) is 9.59 Å². The zero-order chi connectivity index (χ0) is 14.3. The van der Waals surface area contributed by atoms with E-state index in [1.54, 1.807) is 6.20 Å². The van der Waals surface area contributed by atoms with Gasteiger partial charge in [0.05, 0.1) is 11.6 Å². The minimum absolute atomic E-state index is 0.0786. The number of nitrogens with one attached hydrogen (secondary N) is 2. The van der Waals surface area contributed by atoms with Crippen molar-refractivity contribution in [3.05, 3.63) is 16.6 Å². The first-order valence-electron chi connectivity index (χ1n) is 5.70. The number of carboxylic acids is 1. The van der Waals surface area contributed by atoms with E-state index in [0.717, 1.165) is 5.01 Å². The van der Waals surface area contributed by atoms with E-state index in [-0.39, 0.29) is 12.5 Å². The van der Waals surface area contributed by atoms with Crippen molar-refractivity contribution < 1.29 is 19.4 Å². The summed E-state index contributed by atoms with van der Waals surface area (Å²) in [5.74, 6) is -1.05. The Balaban J connectivity index is 2.36. The molecule has 2 atom stereocenters. The highest BCUT2D eigenvalue weighted by Crippen LogP contribution is 2.16. The molecule has 2 unspecified atom stereocenters. The molecule has 0 saturated heterocycles. The van der Waals surface area contributed by atoms with Crippen LogP contribution in [-0.2, 0) is 9.53 Å². The monoisotopic (exact) mass is 287 g/mol. The highest BCUT2D eigenvalue weighted by Gasteiger charge is 2.20. The molecule has 0 aliphatic rings. The SMILES string of the molecule is COCC(NC(=O)NCC(C)c1nccs1)C(=O)O. The maximum atomic E-state index is 11.5. The first-order valence-corrected chi connectivity index (χ1v) is 6.58. The molecule has 8 heteroatoms. The molecular weight excluding hydrogens is 270 g/mol. The summed E-state index contributed by atoms with van der Waals surface area (Å²) in [4.78, 5) is 26.5. The van der Waals surface area contributed by atoms with Crippen molar-refractivity contribution >= 4 is 23.3 Å². The van der Waals surface area contributed by atoms with E-state index in [1.807, 2.05) is 12.3 Å². The maximum absolute atomic E-state index is 11.5. The molecule has 0 spiro atoms. The van der Waals surface area contributed by atoms with Gasteiger partial charge in [-0.2, -0.15) is 0 Å². The molecule has 0 aliphatic carbocycles. The van der Waals surface area contributed by atoms with Crippen LogP contribution in [0.25, 0.3) is 0 Å². The lowest BCUT2D eigenvalue weighted by atomic mass is 10.2. The van der Waals surface area contributed by atoms with Gasteiger partial charge in [-0.05, 0) is 0 Å². The van der Waals surface area contributed by atoms with Gasteiger partial charge >= 0.3 is 12.0 Å². The molecule has 0 aliphatic heterocycles. The highest BCUT2D eigenvalue weighted by molar-refractivity contribution is 7.09. The van der Waals surface area contributed by atoms with E-state index in [2.05, 4.69) is 15.6 Å². The lowest BCUT2D eigenvalue weighted by molar-refractivity contribution is -0.140. The quantitative estimate of drug-likeness (QED) is 0.683. The summed E-state index contributed by atoms with van der Waals surface area (Å²) >= 11 is 1.51. The number of carboxylic acid groups (broad SMARTS) is 1. The summed E-state index contributed by atoms with van der Waals surface area (Å²) in [6.45, 7) is 2.24. The summed E-state index contributed by atoms with van der Waals surface area (Å²) in [6.07, 6.45) is 1.70. The molecular formula is C11H17N3O4S. The Labute approximate surface area is 115 Å². The predicted molar refractivity (Wildman–Crippen MR) is 70.4 cm³/mol. The Morgan fingerprint density at radius 3 is 2.84 bits per heavy atom. The number of hydrogen-bond donors (Lipinski definition) is 3. The lowest BCUT2D eigenvalue weighted by Gasteiger charge is -2.15. The van der Waals surface area contributed by atoms with Crippen molar-refractivity contribution in [2.24, 2.45) is 0 Å². The van der Waals surface area contributed by atoms with Gasteiger partial charge in [-0.1, -0.05) is 6.92 Å². The molecule has 0 bridgehead atoms. The molecule has 0 fully saturated rings. The zero-order valence-corrected chi connectivity index (χ0v) is 11.6. The van der Waals surface area contributed by atoms with Crippen LogP contribution in [0.2, 0.25) is 0 Å². The Kier molecular flexibility index (Phi) is 6.23. The van der Waals surface area contributed by atoms with Crippen molar-refractivity contribution in [2.75, 3.05) is 20.3 Å². The predicted octanol–water partition coefficient (Wildman–Crippen LogP) is 0.645. The Bertz CT molecular complexity index is 410. The molecule has 0 radical (unpaired) electrons. The highest BCUT2D eigenvalue weighted by atomic mass is 32.1. The van der Waals surface area contributed by atoms with Crippen molar-refractivity contribution in [3.63, 3.8) is 0 Å². The van der Waals surface area contributed by atoms with Crippen molar-refractivity contribution in [1.29, 1.82) is 0 Å². The van der Waals surface area contributed by atoms with Crippen LogP contribution in [0.1, 0.15) is 17.8 Å². The molecule has 0 saturated carbocycles. The number of amides is 2. The number of carbonyl (C=O) groups is 2. The maximum Gasteiger partial charge on any atom is 0.328 e. The third kappa shape index (κ3) is 5.23. The number of hydrogen-bond acceptors (Lipinski definition) is 5. The van der Waals surface area contributed by atoms with E-state index in [4.69, 9.17) is 9.84 Å². The van der Waals surface area contributed by atoms with Crippen LogP contribution in [0, 0.1) is 0 Å². The molecule has 1 aromatic heterocycles. The van der Waals surface area contributed by atoms with Crippen molar-refractivity contribution in [1.82, 2.24) is 15.6 Å². The minimum atomic E-state index is -1.13. The largest absolute Gasteiger partial charge is 0.480 e. The molecule has 19 heavy (non-hydrogen) atoms. The van der Waals surface area contributed by atoms with Crippen LogP contribution in [0.5, 0.6) is 0 Å². The third-order valence-electron chi connectivity index (χ3n) is 2.38.